The van der Waals surface area contributed by atoms with Gasteiger partial charge in [0.05, 0.1) is 29.6 Å². The van der Waals surface area contributed by atoms with E-state index in [9.17, 15) is 14.9 Å². The lowest BCUT2D eigenvalue weighted by Gasteiger charge is -2.03. The van der Waals surface area contributed by atoms with Crippen molar-refractivity contribution >= 4 is 29.5 Å². The molecule has 27 heavy (non-hydrogen) atoms. The highest BCUT2D eigenvalue weighted by Crippen LogP contribution is 2.16. The third-order valence-electron chi connectivity index (χ3n) is 3.65. The second-order valence-corrected chi connectivity index (χ2v) is 5.94. The summed E-state index contributed by atoms with van der Waals surface area (Å²) in [6.45, 7) is 0.166. The Kier molecular flexibility index (Phi) is 5.27. The van der Waals surface area contributed by atoms with Crippen molar-refractivity contribution in [3.63, 3.8) is 0 Å². The Morgan fingerprint density at radius 1 is 1.37 bits per heavy atom. The molecule has 2 heterocycles. The fourth-order valence-electron chi connectivity index (χ4n) is 2.28. The number of amides is 1. The van der Waals surface area contributed by atoms with Crippen LogP contribution in [0.5, 0.6) is 0 Å². The molecule has 138 valence electrons. The number of aryl methyl sites for hydroxylation is 1. The van der Waals surface area contributed by atoms with Gasteiger partial charge >= 0.3 is 5.82 Å². The number of hydrogen-bond donors (Lipinski definition) is 1. The third-order valence-corrected chi connectivity index (χ3v) is 3.91. The lowest BCUT2D eigenvalue weighted by molar-refractivity contribution is -0.389. The highest BCUT2D eigenvalue weighted by Gasteiger charge is 2.23. The zero-order valence-corrected chi connectivity index (χ0v) is 14.9. The summed E-state index contributed by atoms with van der Waals surface area (Å²) < 4.78 is 2.82. The van der Waals surface area contributed by atoms with Crippen LogP contribution in [-0.4, -0.2) is 36.6 Å². The van der Waals surface area contributed by atoms with E-state index >= 15 is 0 Å². The summed E-state index contributed by atoms with van der Waals surface area (Å²) in [4.78, 5) is 22.8. The molecule has 0 saturated heterocycles. The monoisotopic (exact) mass is 387 g/mol. The maximum absolute atomic E-state index is 12.4. The van der Waals surface area contributed by atoms with Crippen molar-refractivity contribution in [3.05, 3.63) is 74.7 Å². The molecule has 0 fully saturated rings. The summed E-state index contributed by atoms with van der Waals surface area (Å²) in [7, 11) is 1.73. The Labute approximate surface area is 158 Å². The van der Waals surface area contributed by atoms with Crippen LogP contribution in [0.4, 0.5) is 5.82 Å². The molecule has 0 aliphatic carbocycles. The van der Waals surface area contributed by atoms with Gasteiger partial charge in [0, 0.05) is 18.3 Å². The van der Waals surface area contributed by atoms with Gasteiger partial charge in [-0.1, -0.05) is 23.7 Å². The molecule has 1 aromatic carbocycles. The lowest BCUT2D eigenvalue weighted by Crippen LogP contribution is -2.22. The number of carbonyl (C=O) groups excluding carboxylic acids is 1. The largest absolute Gasteiger partial charge is 0.390 e. The molecule has 0 bridgehead atoms. The third kappa shape index (κ3) is 4.36. The number of carbonyl (C=O) groups is 1. The summed E-state index contributed by atoms with van der Waals surface area (Å²) in [5, 5.41) is 23.3. The SMILES string of the molecule is Cn1nccc1C=NNC(=O)c1cc([N+](=O)[O-])nn1Cc1ccc(Cl)cc1. The van der Waals surface area contributed by atoms with Crippen LogP contribution in [0.1, 0.15) is 21.7 Å². The van der Waals surface area contributed by atoms with Crippen LogP contribution >= 0.6 is 11.6 Å². The van der Waals surface area contributed by atoms with Gasteiger partial charge in [-0.25, -0.2) is 5.43 Å². The minimum atomic E-state index is -0.659. The van der Waals surface area contributed by atoms with Crippen molar-refractivity contribution in [2.24, 2.45) is 12.1 Å². The zero-order chi connectivity index (χ0) is 19.4. The van der Waals surface area contributed by atoms with E-state index in [2.05, 4.69) is 20.7 Å². The number of nitro groups is 1. The maximum atomic E-state index is 12.4. The van der Waals surface area contributed by atoms with E-state index in [0.717, 1.165) is 11.6 Å². The normalized spacial score (nSPS) is 11.0. The van der Waals surface area contributed by atoms with Crippen LogP contribution in [0, 0.1) is 10.1 Å². The Hall–Kier alpha value is -3.53. The van der Waals surface area contributed by atoms with Crippen LogP contribution < -0.4 is 5.43 Å². The number of hydrazone groups is 1. The van der Waals surface area contributed by atoms with Crippen molar-refractivity contribution in [2.45, 2.75) is 6.54 Å². The number of hydrogen-bond acceptors (Lipinski definition) is 6. The Morgan fingerprint density at radius 3 is 2.74 bits per heavy atom. The fourth-order valence-corrected chi connectivity index (χ4v) is 2.41. The Bertz CT molecular complexity index is 1010. The zero-order valence-electron chi connectivity index (χ0n) is 14.1. The van der Waals surface area contributed by atoms with Crippen molar-refractivity contribution < 1.29 is 9.72 Å². The molecule has 0 aliphatic heterocycles. The van der Waals surface area contributed by atoms with E-state index in [1.54, 1.807) is 48.3 Å². The van der Waals surface area contributed by atoms with Crippen molar-refractivity contribution in [2.75, 3.05) is 0 Å². The predicted octanol–water partition coefficient (Wildman–Crippen LogP) is 1.99. The first-order chi connectivity index (χ1) is 12.9. The summed E-state index contributed by atoms with van der Waals surface area (Å²) in [5.74, 6) is -1.05. The fraction of sp³-hybridized carbons (Fsp3) is 0.125. The first-order valence-corrected chi connectivity index (χ1v) is 8.10. The van der Waals surface area contributed by atoms with Gasteiger partial charge in [0.25, 0.3) is 5.91 Å². The minimum Gasteiger partial charge on any atom is -0.358 e. The van der Waals surface area contributed by atoms with Crippen LogP contribution in [0.3, 0.4) is 0 Å². The van der Waals surface area contributed by atoms with Crippen LogP contribution in [0.2, 0.25) is 5.02 Å². The highest BCUT2D eigenvalue weighted by atomic mass is 35.5. The number of rotatable bonds is 6. The molecule has 3 rings (SSSR count). The summed E-state index contributed by atoms with van der Waals surface area (Å²) >= 11 is 5.85. The first-order valence-electron chi connectivity index (χ1n) is 7.72. The number of aromatic nitrogens is 4. The lowest BCUT2D eigenvalue weighted by atomic mass is 10.2. The smallest absolute Gasteiger partial charge is 0.358 e. The molecule has 2 aromatic heterocycles. The molecule has 10 nitrogen and oxygen atoms in total. The second-order valence-electron chi connectivity index (χ2n) is 5.51. The number of halogens is 1. The van der Waals surface area contributed by atoms with E-state index in [4.69, 9.17) is 11.6 Å². The van der Waals surface area contributed by atoms with Gasteiger partial charge < -0.3 is 10.1 Å². The number of benzene rings is 1. The molecule has 0 unspecified atom stereocenters. The summed E-state index contributed by atoms with van der Waals surface area (Å²) in [6, 6.07) is 9.69. The molecular formula is C16H14ClN7O3. The van der Waals surface area contributed by atoms with Gasteiger partial charge in [-0.2, -0.15) is 14.9 Å². The van der Waals surface area contributed by atoms with E-state index in [-0.39, 0.29) is 12.2 Å². The van der Waals surface area contributed by atoms with Crippen LogP contribution in [-0.2, 0) is 13.6 Å². The van der Waals surface area contributed by atoms with Gasteiger partial charge in [-0.15, -0.1) is 0 Å². The molecule has 11 heteroatoms. The average Bonchev–Trinajstić information content (AvgIpc) is 3.24. The standard InChI is InChI=1S/C16H14ClN7O3/c1-22-13(6-7-19-22)9-18-20-16(25)14-8-15(24(26)27)21-23(14)10-11-2-4-12(17)5-3-11/h2-9H,10H2,1H3,(H,20,25). The van der Waals surface area contributed by atoms with Gasteiger partial charge in [0.2, 0.25) is 0 Å². The predicted molar refractivity (Wildman–Crippen MR) is 97.7 cm³/mol. The topological polar surface area (TPSA) is 120 Å². The average molecular weight is 388 g/mol. The van der Waals surface area contributed by atoms with E-state index < -0.39 is 16.6 Å². The molecule has 0 spiro atoms. The number of nitrogens with one attached hydrogen (secondary N) is 1. The molecule has 0 radical (unpaired) electrons. The minimum absolute atomic E-state index is 0.0128. The second kappa shape index (κ2) is 7.79. The van der Waals surface area contributed by atoms with E-state index in [1.807, 2.05) is 0 Å². The summed E-state index contributed by atoms with van der Waals surface area (Å²) in [5.41, 5.74) is 3.81. The Balaban J connectivity index is 1.81. The highest BCUT2D eigenvalue weighted by molar-refractivity contribution is 6.30. The molecule has 0 saturated carbocycles. The quantitative estimate of drug-likeness (QED) is 0.394. The molecular weight excluding hydrogens is 374 g/mol. The van der Waals surface area contributed by atoms with Gasteiger partial charge in [-0.3, -0.25) is 9.48 Å². The number of nitrogens with zero attached hydrogens (tertiary/aromatic N) is 6. The van der Waals surface area contributed by atoms with Crippen molar-refractivity contribution in [1.29, 1.82) is 0 Å². The van der Waals surface area contributed by atoms with Crippen molar-refractivity contribution in [1.82, 2.24) is 25.0 Å². The molecule has 0 aliphatic rings. The van der Waals surface area contributed by atoms with E-state index in [0.29, 0.717) is 10.7 Å². The van der Waals surface area contributed by atoms with Crippen LogP contribution in [0.25, 0.3) is 0 Å². The Morgan fingerprint density at radius 2 is 2.11 bits per heavy atom. The van der Waals surface area contributed by atoms with Crippen molar-refractivity contribution in [3.8, 4) is 0 Å². The van der Waals surface area contributed by atoms with E-state index in [1.165, 1.54) is 10.9 Å². The molecule has 1 N–H and O–H groups in total. The van der Waals surface area contributed by atoms with Gasteiger partial charge in [0.1, 0.15) is 0 Å². The first kappa shape index (κ1) is 18.3. The molecule has 0 atom stereocenters. The molecule has 1 amide bonds. The van der Waals surface area contributed by atoms with Gasteiger partial charge in [0.15, 0.2) is 5.69 Å². The summed E-state index contributed by atoms with van der Waals surface area (Å²) in [6.07, 6.45) is 3.01. The van der Waals surface area contributed by atoms with Crippen LogP contribution in [0.15, 0.2) is 47.7 Å². The van der Waals surface area contributed by atoms with Gasteiger partial charge in [-0.05, 0) is 28.7 Å². The molecule has 3 aromatic rings. The maximum Gasteiger partial charge on any atom is 0.390 e.